The van der Waals surface area contributed by atoms with Crippen LogP contribution >= 0.6 is 0 Å². The zero-order valence-corrected chi connectivity index (χ0v) is 14.6. The highest BCUT2D eigenvalue weighted by molar-refractivity contribution is 5.72. The van der Waals surface area contributed by atoms with Crippen molar-refractivity contribution in [2.45, 2.75) is 51.7 Å². The summed E-state index contributed by atoms with van der Waals surface area (Å²) < 4.78 is 11.1. The Labute approximate surface area is 143 Å². The van der Waals surface area contributed by atoms with Gasteiger partial charge in [0.05, 0.1) is 7.11 Å². The van der Waals surface area contributed by atoms with Crippen molar-refractivity contribution in [2.75, 3.05) is 20.2 Å². The summed E-state index contributed by atoms with van der Waals surface area (Å²) in [6.45, 7) is 4.56. The van der Waals surface area contributed by atoms with E-state index in [1.54, 1.807) is 14.0 Å². The molecule has 5 nitrogen and oxygen atoms in total. The van der Waals surface area contributed by atoms with Gasteiger partial charge in [-0.05, 0) is 44.2 Å². The predicted octanol–water partition coefficient (Wildman–Crippen LogP) is 3.31. The van der Waals surface area contributed by atoms with Crippen LogP contribution in [0.15, 0.2) is 18.2 Å². The summed E-state index contributed by atoms with van der Waals surface area (Å²) >= 11 is 0. The average Bonchev–Trinajstić information content (AvgIpc) is 3.19. The highest BCUT2D eigenvalue weighted by Crippen LogP contribution is 2.46. The molecule has 24 heavy (non-hydrogen) atoms. The Morgan fingerprint density at radius 2 is 2.08 bits per heavy atom. The molecule has 1 saturated carbocycles. The smallest absolute Gasteiger partial charge is 0.344 e. The third-order valence-corrected chi connectivity index (χ3v) is 5.50. The first kappa shape index (κ1) is 17.1. The van der Waals surface area contributed by atoms with Gasteiger partial charge in [-0.3, -0.25) is 4.90 Å². The average molecular weight is 333 g/mol. The first-order valence-electron chi connectivity index (χ1n) is 8.81. The Morgan fingerprint density at radius 1 is 1.33 bits per heavy atom. The number of likely N-dealkylation sites (tertiary alicyclic amines) is 1. The van der Waals surface area contributed by atoms with Gasteiger partial charge in [0.2, 0.25) is 0 Å². The summed E-state index contributed by atoms with van der Waals surface area (Å²) in [5, 5.41) is 9.15. The number of hydrogen-bond acceptors (Lipinski definition) is 4. The quantitative estimate of drug-likeness (QED) is 0.865. The van der Waals surface area contributed by atoms with E-state index in [4.69, 9.17) is 14.6 Å². The Hall–Kier alpha value is -1.75. The van der Waals surface area contributed by atoms with E-state index < -0.39 is 12.1 Å². The number of ether oxygens (including phenoxy) is 2. The molecule has 1 saturated heterocycles. The van der Waals surface area contributed by atoms with Crippen molar-refractivity contribution in [2.24, 2.45) is 5.41 Å². The molecule has 1 aliphatic heterocycles. The minimum Gasteiger partial charge on any atom is -0.493 e. The predicted molar refractivity (Wildman–Crippen MR) is 91.5 cm³/mol. The summed E-state index contributed by atoms with van der Waals surface area (Å²) in [6.07, 6.45) is 5.79. The summed E-state index contributed by atoms with van der Waals surface area (Å²) in [6, 6.07) is 5.76. The standard InChI is InChI=1S/C19H27NO4/c1-14(18(21)22)24-17-15(6-5-7-16(17)23-2)12-20-11-10-19(13-20)8-3-4-9-19/h5-7,14H,3-4,8-13H2,1-2H3,(H,21,22). The van der Waals surface area contributed by atoms with Crippen LogP contribution in [0.5, 0.6) is 11.5 Å². The largest absolute Gasteiger partial charge is 0.493 e. The lowest BCUT2D eigenvalue weighted by Gasteiger charge is -2.25. The molecular formula is C19H27NO4. The molecule has 2 aliphatic rings. The number of carbonyl (C=O) groups is 1. The Balaban J connectivity index is 1.76. The first-order valence-corrected chi connectivity index (χ1v) is 8.81. The van der Waals surface area contributed by atoms with Gasteiger partial charge in [-0.15, -0.1) is 0 Å². The summed E-state index contributed by atoms with van der Waals surface area (Å²) in [7, 11) is 1.58. The highest BCUT2D eigenvalue weighted by Gasteiger charge is 2.40. The normalized spacial score (nSPS) is 21.1. The summed E-state index contributed by atoms with van der Waals surface area (Å²) in [5.74, 6) is 0.176. The van der Waals surface area contributed by atoms with Crippen molar-refractivity contribution in [1.82, 2.24) is 4.90 Å². The minimum absolute atomic E-state index is 0.522. The van der Waals surface area contributed by atoms with E-state index >= 15 is 0 Å². The third kappa shape index (κ3) is 3.51. The van der Waals surface area contributed by atoms with Gasteiger partial charge in [0.25, 0.3) is 0 Å². The summed E-state index contributed by atoms with van der Waals surface area (Å²) in [5.41, 5.74) is 1.52. The fourth-order valence-corrected chi connectivity index (χ4v) is 4.14. The van der Waals surface area contributed by atoms with Gasteiger partial charge < -0.3 is 14.6 Å². The number of benzene rings is 1. The molecule has 132 valence electrons. The van der Waals surface area contributed by atoms with E-state index in [9.17, 15) is 4.79 Å². The van der Waals surface area contributed by atoms with Gasteiger partial charge >= 0.3 is 5.97 Å². The molecule has 1 N–H and O–H groups in total. The number of nitrogens with zero attached hydrogens (tertiary/aromatic N) is 1. The minimum atomic E-state index is -0.974. The zero-order chi connectivity index (χ0) is 17.2. The fourth-order valence-electron chi connectivity index (χ4n) is 4.14. The maximum Gasteiger partial charge on any atom is 0.344 e. The second-order valence-electron chi connectivity index (χ2n) is 7.21. The van der Waals surface area contributed by atoms with Crippen molar-refractivity contribution in [3.8, 4) is 11.5 Å². The van der Waals surface area contributed by atoms with Crippen LogP contribution in [0.4, 0.5) is 0 Å². The molecule has 0 aromatic heterocycles. The molecule has 1 spiro atoms. The second kappa shape index (κ2) is 7.01. The van der Waals surface area contributed by atoms with Crippen LogP contribution in [0.3, 0.4) is 0 Å². The van der Waals surface area contributed by atoms with E-state index in [0.29, 0.717) is 16.9 Å². The maximum atomic E-state index is 11.2. The maximum absolute atomic E-state index is 11.2. The van der Waals surface area contributed by atoms with Crippen LogP contribution in [-0.4, -0.2) is 42.3 Å². The second-order valence-corrected chi connectivity index (χ2v) is 7.21. The van der Waals surface area contributed by atoms with Crippen molar-refractivity contribution in [3.05, 3.63) is 23.8 Å². The molecule has 1 unspecified atom stereocenters. The van der Waals surface area contributed by atoms with Crippen LogP contribution in [0.2, 0.25) is 0 Å². The van der Waals surface area contributed by atoms with Gasteiger partial charge in [0, 0.05) is 18.7 Å². The number of hydrogen-bond donors (Lipinski definition) is 1. The van der Waals surface area contributed by atoms with E-state index in [-0.39, 0.29) is 0 Å². The van der Waals surface area contributed by atoms with E-state index in [0.717, 1.165) is 25.2 Å². The fraction of sp³-hybridized carbons (Fsp3) is 0.632. The van der Waals surface area contributed by atoms with Crippen LogP contribution in [0, 0.1) is 5.41 Å². The van der Waals surface area contributed by atoms with E-state index in [2.05, 4.69) is 4.90 Å². The molecule has 1 aromatic rings. The van der Waals surface area contributed by atoms with Crippen molar-refractivity contribution in [1.29, 1.82) is 0 Å². The van der Waals surface area contributed by atoms with Crippen LogP contribution in [0.25, 0.3) is 0 Å². The van der Waals surface area contributed by atoms with Gasteiger partial charge in [-0.25, -0.2) is 4.79 Å². The number of carboxylic acids is 1. The molecule has 0 radical (unpaired) electrons. The van der Waals surface area contributed by atoms with Crippen molar-refractivity contribution >= 4 is 5.97 Å². The number of carboxylic acid groups (broad SMARTS) is 1. The van der Waals surface area contributed by atoms with Crippen LogP contribution in [-0.2, 0) is 11.3 Å². The lowest BCUT2D eigenvalue weighted by molar-refractivity contribution is -0.144. The monoisotopic (exact) mass is 333 g/mol. The van der Waals surface area contributed by atoms with Crippen LogP contribution in [0.1, 0.15) is 44.6 Å². The lowest BCUT2D eigenvalue weighted by Crippen LogP contribution is -2.26. The molecule has 1 atom stereocenters. The molecule has 5 heteroatoms. The van der Waals surface area contributed by atoms with Gasteiger partial charge in [0.1, 0.15) is 0 Å². The first-order chi connectivity index (χ1) is 11.5. The third-order valence-electron chi connectivity index (χ3n) is 5.50. The Bertz CT molecular complexity index is 595. The molecule has 1 heterocycles. The van der Waals surface area contributed by atoms with E-state index in [1.807, 2.05) is 18.2 Å². The van der Waals surface area contributed by atoms with Gasteiger partial charge in [0.15, 0.2) is 17.6 Å². The Kier molecular flexibility index (Phi) is 4.99. The molecule has 0 bridgehead atoms. The topological polar surface area (TPSA) is 59.0 Å². The summed E-state index contributed by atoms with van der Waals surface area (Å²) in [4.78, 5) is 13.6. The number of para-hydroxylation sites is 1. The molecular weight excluding hydrogens is 306 g/mol. The lowest BCUT2D eigenvalue weighted by atomic mass is 9.86. The molecule has 2 fully saturated rings. The molecule has 1 aromatic carbocycles. The van der Waals surface area contributed by atoms with Gasteiger partial charge in [-0.2, -0.15) is 0 Å². The zero-order valence-electron chi connectivity index (χ0n) is 14.6. The van der Waals surface area contributed by atoms with E-state index in [1.165, 1.54) is 32.1 Å². The molecule has 1 aliphatic carbocycles. The molecule has 0 amide bonds. The Morgan fingerprint density at radius 3 is 2.75 bits per heavy atom. The van der Waals surface area contributed by atoms with Crippen LogP contribution < -0.4 is 9.47 Å². The molecule has 3 rings (SSSR count). The number of methoxy groups -OCH3 is 1. The SMILES string of the molecule is COc1cccc(CN2CCC3(CCCC3)C2)c1OC(C)C(=O)O. The highest BCUT2D eigenvalue weighted by atomic mass is 16.5. The van der Waals surface area contributed by atoms with Gasteiger partial charge in [-0.1, -0.05) is 25.0 Å². The van der Waals surface area contributed by atoms with Crippen molar-refractivity contribution < 1.29 is 19.4 Å². The number of rotatable bonds is 6. The van der Waals surface area contributed by atoms with Crippen molar-refractivity contribution in [3.63, 3.8) is 0 Å². The number of aliphatic carboxylic acids is 1.